The second kappa shape index (κ2) is 4.63. The average molecular weight is 302 g/mol. The molecule has 0 aliphatic carbocycles. The summed E-state index contributed by atoms with van der Waals surface area (Å²) in [6.45, 7) is 2.32. The summed E-state index contributed by atoms with van der Waals surface area (Å²) in [6.07, 6.45) is 1.25. The summed E-state index contributed by atoms with van der Waals surface area (Å²) < 4.78 is 11.0. The fourth-order valence-electron chi connectivity index (χ4n) is 3.52. The van der Waals surface area contributed by atoms with Crippen molar-refractivity contribution in [3.05, 3.63) is 29.3 Å². The van der Waals surface area contributed by atoms with E-state index in [1.54, 1.807) is 16.8 Å². The van der Waals surface area contributed by atoms with Crippen molar-refractivity contribution in [2.45, 2.75) is 18.4 Å². The van der Waals surface area contributed by atoms with Crippen LogP contribution >= 0.6 is 0 Å². The lowest BCUT2D eigenvalue weighted by Crippen LogP contribution is -2.39. The molecule has 0 aromatic heterocycles. The predicted octanol–water partition coefficient (Wildman–Crippen LogP) is 1.29. The zero-order valence-corrected chi connectivity index (χ0v) is 12.5. The summed E-state index contributed by atoms with van der Waals surface area (Å²) in [7, 11) is 1.72. The maximum absolute atomic E-state index is 12.7. The summed E-state index contributed by atoms with van der Waals surface area (Å²) >= 11 is 0. The van der Waals surface area contributed by atoms with Crippen LogP contribution in [0.2, 0.25) is 0 Å². The van der Waals surface area contributed by atoms with E-state index >= 15 is 0 Å². The minimum atomic E-state index is -0.526. The Kier molecular flexibility index (Phi) is 2.82. The second-order valence-corrected chi connectivity index (χ2v) is 6.30. The van der Waals surface area contributed by atoms with Gasteiger partial charge in [-0.15, -0.1) is 0 Å². The van der Waals surface area contributed by atoms with Crippen molar-refractivity contribution in [3.63, 3.8) is 0 Å². The third-order valence-corrected chi connectivity index (χ3v) is 4.68. The average Bonchev–Trinajstić information content (AvgIpc) is 3.18. The van der Waals surface area contributed by atoms with Gasteiger partial charge in [-0.2, -0.15) is 0 Å². The van der Waals surface area contributed by atoms with Crippen molar-refractivity contribution in [2.24, 2.45) is 0 Å². The van der Waals surface area contributed by atoms with Crippen molar-refractivity contribution >= 4 is 12.0 Å². The second-order valence-electron chi connectivity index (χ2n) is 6.30. The lowest BCUT2D eigenvalue weighted by Gasteiger charge is -2.22. The first-order chi connectivity index (χ1) is 10.6. The number of rotatable bonds is 1. The number of likely N-dealkylation sites (tertiary alicyclic amines) is 1. The number of fused-ring (bicyclic) bond motifs is 1. The highest BCUT2D eigenvalue weighted by molar-refractivity contribution is 5.95. The first kappa shape index (κ1) is 13.4. The van der Waals surface area contributed by atoms with Gasteiger partial charge in [-0.05, 0) is 23.8 Å². The molecule has 0 bridgehead atoms. The standard InChI is InChI=1S/C16H18N2O4/c1-17-9-16(22-15(17)20)5-6-18(10-16)14(19)12-2-3-13-11(8-12)4-7-21-13/h2-3,8H,4-7,9-10H2,1H3/t16-/m1/s1. The Morgan fingerprint density at radius 1 is 1.32 bits per heavy atom. The molecule has 0 saturated carbocycles. The molecule has 3 aliphatic rings. The van der Waals surface area contributed by atoms with Gasteiger partial charge < -0.3 is 19.3 Å². The molecule has 0 radical (unpaired) electrons. The maximum Gasteiger partial charge on any atom is 0.410 e. The molecule has 2 amide bonds. The Balaban J connectivity index is 1.51. The first-order valence-electron chi connectivity index (χ1n) is 7.55. The van der Waals surface area contributed by atoms with E-state index in [2.05, 4.69) is 0 Å². The minimum absolute atomic E-state index is 0.00261. The molecular formula is C16H18N2O4. The summed E-state index contributed by atoms with van der Waals surface area (Å²) in [4.78, 5) is 27.6. The van der Waals surface area contributed by atoms with Gasteiger partial charge in [0.1, 0.15) is 5.75 Å². The number of ether oxygens (including phenoxy) is 2. The summed E-state index contributed by atoms with van der Waals surface area (Å²) in [5.41, 5.74) is 1.24. The number of benzene rings is 1. The van der Waals surface area contributed by atoms with Gasteiger partial charge in [0.15, 0.2) is 5.60 Å². The smallest absolute Gasteiger partial charge is 0.410 e. The summed E-state index contributed by atoms with van der Waals surface area (Å²) in [5, 5.41) is 0. The zero-order chi connectivity index (χ0) is 15.3. The third-order valence-electron chi connectivity index (χ3n) is 4.68. The highest BCUT2D eigenvalue weighted by Crippen LogP contribution is 2.33. The molecule has 2 fully saturated rings. The molecule has 3 aliphatic heterocycles. The Morgan fingerprint density at radius 3 is 2.95 bits per heavy atom. The minimum Gasteiger partial charge on any atom is -0.493 e. The maximum atomic E-state index is 12.7. The largest absolute Gasteiger partial charge is 0.493 e. The van der Waals surface area contributed by atoms with Gasteiger partial charge in [-0.1, -0.05) is 0 Å². The topological polar surface area (TPSA) is 59.1 Å². The molecule has 1 aromatic rings. The van der Waals surface area contributed by atoms with E-state index in [1.165, 1.54) is 0 Å². The monoisotopic (exact) mass is 302 g/mol. The van der Waals surface area contributed by atoms with Crippen LogP contribution in [0, 0.1) is 0 Å². The van der Waals surface area contributed by atoms with Crippen LogP contribution in [-0.2, 0) is 11.2 Å². The Bertz CT molecular complexity index is 660. The van der Waals surface area contributed by atoms with E-state index in [4.69, 9.17) is 9.47 Å². The lowest BCUT2D eigenvalue weighted by atomic mass is 10.0. The molecule has 0 N–H and O–H groups in total. The molecule has 2 saturated heterocycles. The van der Waals surface area contributed by atoms with E-state index in [-0.39, 0.29) is 12.0 Å². The van der Waals surface area contributed by atoms with Crippen LogP contribution in [-0.4, -0.2) is 60.7 Å². The van der Waals surface area contributed by atoms with Crippen LogP contribution in [0.3, 0.4) is 0 Å². The number of hydrogen-bond donors (Lipinski definition) is 0. The molecule has 6 heteroatoms. The van der Waals surface area contributed by atoms with E-state index in [0.29, 0.717) is 38.2 Å². The number of carbonyl (C=O) groups is 2. The fourth-order valence-corrected chi connectivity index (χ4v) is 3.52. The molecule has 1 atom stereocenters. The van der Waals surface area contributed by atoms with Crippen LogP contribution in [0.15, 0.2) is 18.2 Å². The van der Waals surface area contributed by atoms with E-state index < -0.39 is 5.60 Å². The van der Waals surface area contributed by atoms with Gasteiger partial charge in [0.25, 0.3) is 5.91 Å². The summed E-state index contributed by atoms with van der Waals surface area (Å²) in [5.74, 6) is 0.873. The molecule has 1 spiro atoms. The van der Waals surface area contributed by atoms with Gasteiger partial charge in [0.05, 0.1) is 19.7 Å². The van der Waals surface area contributed by atoms with Gasteiger partial charge in [0, 0.05) is 32.0 Å². The number of nitrogens with zero attached hydrogens (tertiary/aromatic N) is 2. The molecule has 0 unspecified atom stereocenters. The Morgan fingerprint density at radius 2 is 2.18 bits per heavy atom. The molecular weight excluding hydrogens is 284 g/mol. The number of amides is 2. The van der Waals surface area contributed by atoms with Crippen LogP contribution in [0.4, 0.5) is 4.79 Å². The molecule has 4 rings (SSSR count). The number of hydrogen-bond acceptors (Lipinski definition) is 4. The van der Waals surface area contributed by atoms with Gasteiger partial charge in [0.2, 0.25) is 0 Å². The lowest BCUT2D eigenvalue weighted by molar-refractivity contribution is 0.0553. The third kappa shape index (κ3) is 2.01. The van der Waals surface area contributed by atoms with Crippen molar-refractivity contribution in [1.29, 1.82) is 0 Å². The summed E-state index contributed by atoms with van der Waals surface area (Å²) in [6, 6.07) is 5.59. The fraction of sp³-hybridized carbons (Fsp3) is 0.500. The van der Waals surface area contributed by atoms with E-state index in [1.807, 2.05) is 18.2 Å². The molecule has 1 aromatic carbocycles. The van der Waals surface area contributed by atoms with E-state index in [0.717, 1.165) is 17.7 Å². The predicted molar refractivity (Wildman–Crippen MR) is 78.0 cm³/mol. The van der Waals surface area contributed by atoms with Gasteiger partial charge >= 0.3 is 6.09 Å². The zero-order valence-electron chi connectivity index (χ0n) is 12.5. The van der Waals surface area contributed by atoms with E-state index in [9.17, 15) is 9.59 Å². The molecule has 3 heterocycles. The molecule has 116 valence electrons. The van der Waals surface area contributed by atoms with Crippen molar-refractivity contribution in [1.82, 2.24) is 9.80 Å². The normalized spacial score (nSPS) is 26.3. The quantitative estimate of drug-likeness (QED) is 0.784. The van der Waals surface area contributed by atoms with Crippen LogP contribution in [0.1, 0.15) is 22.3 Å². The van der Waals surface area contributed by atoms with Crippen molar-refractivity contribution in [3.8, 4) is 5.75 Å². The number of carbonyl (C=O) groups excluding carboxylic acids is 2. The van der Waals surface area contributed by atoms with Gasteiger partial charge in [-0.3, -0.25) is 4.79 Å². The Hall–Kier alpha value is -2.24. The first-order valence-corrected chi connectivity index (χ1v) is 7.55. The number of likely N-dealkylation sites (N-methyl/N-ethyl adjacent to an activating group) is 1. The van der Waals surface area contributed by atoms with Crippen LogP contribution in [0.5, 0.6) is 5.75 Å². The molecule has 6 nitrogen and oxygen atoms in total. The highest BCUT2D eigenvalue weighted by Gasteiger charge is 2.49. The van der Waals surface area contributed by atoms with Gasteiger partial charge in [-0.25, -0.2) is 4.79 Å². The SMILES string of the molecule is CN1C[C@@]2(CCN(C(=O)c3ccc4c(c3)CCO4)C2)OC1=O. The van der Waals surface area contributed by atoms with Crippen molar-refractivity contribution in [2.75, 3.05) is 33.3 Å². The molecule has 22 heavy (non-hydrogen) atoms. The Labute approximate surface area is 128 Å². The van der Waals surface area contributed by atoms with Crippen molar-refractivity contribution < 1.29 is 19.1 Å². The van der Waals surface area contributed by atoms with Crippen LogP contribution < -0.4 is 4.74 Å². The highest BCUT2D eigenvalue weighted by atomic mass is 16.6. The van der Waals surface area contributed by atoms with Crippen LogP contribution in [0.25, 0.3) is 0 Å².